The van der Waals surface area contributed by atoms with E-state index in [2.05, 4.69) is 21.2 Å². The summed E-state index contributed by atoms with van der Waals surface area (Å²) in [5.41, 5.74) is 2.13. The standard InChI is InChI=1S/C14H13BrClNO/c1-18-11-5-2-4-10(8-11)9-17-13-7-3-6-12(16)14(13)15/h2-8,17H,9H2,1H3. The van der Waals surface area contributed by atoms with Crippen molar-refractivity contribution in [2.24, 2.45) is 0 Å². The third kappa shape index (κ3) is 3.18. The van der Waals surface area contributed by atoms with Crippen LogP contribution >= 0.6 is 27.5 Å². The zero-order valence-electron chi connectivity index (χ0n) is 9.91. The second-order valence-electron chi connectivity index (χ2n) is 3.81. The van der Waals surface area contributed by atoms with E-state index >= 15 is 0 Å². The molecule has 2 aromatic rings. The number of benzene rings is 2. The van der Waals surface area contributed by atoms with Crippen LogP contribution in [0.2, 0.25) is 5.02 Å². The highest BCUT2D eigenvalue weighted by Gasteiger charge is 2.03. The van der Waals surface area contributed by atoms with E-state index in [0.717, 1.165) is 28.0 Å². The summed E-state index contributed by atoms with van der Waals surface area (Å²) in [4.78, 5) is 0. The van der Waals surface area contributed by atoms with Gasteiger partial charge in [0.05, 0.1) is 22.3 Å². The van der Waals surface area contributed by atoms with Crippen molar-refractivity contribution >= 4 is 33.2 Å². The first-order chi connectivity index (χ1) is 8.70. The highest BCUT2D eigenvalue weighted by atomic mass is 79.9. The predicted octanol–water partition coefficient (Wildman–Crippen LogP) is 4.72. The number of rotatable bonds is 4. The molecule has 0 amide bonds. The van der Waals surface area contributed by atoms with Crippen LogP contribution in [0.15, 0.2) is 46.9 Å². The van der Waals surface area contributed by atoms with Crippen LogP contribution in [-0.2, 0) is 6.54 Å². The van der Waals surface area contributed by atoms with Crippen LogP contribution < -0.4 is 10.1 Å². The molecular formula is C14H13BrClNO. The van der Waals surface area contributed by atoms with Crippen molar-refractivity contribution in [3.05, 3.63) is 57.5 Å². The van der Waals surface area contributed by atoms with E-state index < -0.39 is 0 Å². The molecule has 2 aromatic carbocycles. The third-order valence-corrected chi connectivity index (χ3v) is 3.97. The Kier molecular flexibility index (Phi) is 4.50. The van der Waals surface area contributed by atoms with Gasteiger partial charge in [-0.1, -0.05) is 29.8 Å². The maximum absolute atomic E-state index is 6.04. The molecule has 4 heteroatoms. The summed E-state index contributed by atoms with van der Waals surface area (Å²) >= 11 is 9.50. The lowest BCUT2D eigenvalue weighted by molar-refractivity contribution is 0.414. The summed E-state index contributed by atoms with van der Waals surface area (Å²) in [6, 6.07) is 13.7. The Morgan fingerprint density at radius 2 is 2.00 bits per heavy atom. The number of hydrogen-bond acceptors (Lipinski definition) is 2. The van der Waals surface area contributed by atoms with Crippen molar-refractivity contribution in [1.82, 2.24) is 0 Å². The molecule has 1 N–H and O–H groups in total. The third-order valence-electron chi connectivity index (χ3n) is 2.57. The number of halogens is 2. The van der Waals surface area contributed by atoms with Gasteiger partial charge in [-0.2, -0.15) is 0 Å². The van der Waals surface area contributed by atoms with Crippen molar-refractivity contribution in [3.8, 4) is 5.75 Å². The van der Waals surface area contributed by atoms with Crippen molar-refractivity contribution in [2.45, 2.75) is 6.54 Å². The van der Waals surface area contributed by atoms with Crippen molar-refractivity contribution in [2.75, 3.05) is 12.4 Å². The van der Waals surface area contributed by atoms with Crippen LogP contribution in [0.4, 0.5) is 5.69 Å². The van der Waals surface area contributed by atoms with Gasteiger partial charge >= 0.3 is 0 Å². The smallest absolute Gasteiger partial charge is 0.119 e. The molecule has 0 radical (unpaired) electrons. The fourth-order valence-electron chi connectivity index (χ4n) is 1.62. The highest BCUT2D eigenvalue weighted by Crippen LogP contribution is 2.30. The quantitative estimate of drug-likeness (QED) is 0.877. The van der Waals surface area contributed by atoms with Crippen LogP contribution in [-0.4, -0.2) is 7.11 Å². The zero-order chi connectivity index (χ0) is 13.0. The largest absolute Gasteiger partial charge is 0.497 e. The fourth-order valence-corrected chi connectivity index (χ4v) is 2.20. The van der Waals surface area contributed by atoms with Gasteiger partial charge < -0.3 is 10.1 Å². The normalized spacial score (nSPS) is 10.2. The van der Waals surface area contributed by atoms with E-state index in [4.69, 9.17) is 16.3 Å². The number of anilines is 1. The molecule has 94 valence electrons. The average molecular weight is 327 g/mol. The Labute approximate surface area is 120 Å². The second kappa shape index (κ2) is 6.12. The summed E-state index contributed by atoms with van der Waals surface area (Å²) in [6.45, 7) is 0.718. The lowest BCUT2D eigenvalue weighted by Crippen LogP contribution is -2.00. The summed E-state index contributed by atoms with van der Waals surface area (Å²) in [6.07, 6.45) is 0. The Bertz CT molecular complexity index is 545. The maximum Gasteiger partial charge on any atom is 0.119 e. The molecule has 2 nitrogen and oxygen atoms in total. The van der Waals surface area contributed by atoms with Crippen molar-refractivity contribution in [3.63, 3.8) is 0 Å². The molecule has 0 saturated carbocycles. The minimum Gasteiger partial charge on any atom is -0.497 e. The van der Waals surface area contributed by atoms with Gasteiger partial charge in [-0.05, 0) is 45.8 Å². The van der Waals surface area contributed by atoms with Gasteiger partial charge in [-0.3, -0.25) is 0 Å². The molecule has 0 aliphatic carbocycles. The predicted molar refractivity (Wildman–Crippen MR) is 79.5 cm³/mol. The van der Waals surface area contributed by atoms with Gasteiger partial charge in [-0.15, -0.1) is 0 Å². The fraction of sp³-hybridized carbons (Fsp3) is 0.143. The molecule has 0 fully saturated rings. The molecule has 0 unspecified atom stereocenters. The van der Waals surface area contributed by atoms with Gasteiger partial charge in [0.25, 0.3) is 0 Å². The van der Waals surface area contributed by atoms with Crippen LogP contribution in [0, 0.1) is 0 Å². The molecule has 0 aromatic heterocycles. The monoisotopic (exact) mass is 325 g/mol. The molecule has 18 heavy (non-hydrogen) atoms. The lowest BCUT2D eigenvalue weighted by atomic mass is 10.2. The van der Waals surface area contributed by atoms with Gasteiger partial charge in [0.1, 0.15) is 5.75 Å². The Morgan fingerprint density at radius 1 is 1.22 bits per heavy atom. The Morgan fingerprint density at radius 3 is 2.78 bits per heavy atom. The minimum absolute atomic E-state index is 0.700. The minimum atomic E-state index is 0.700. The van der Waals surface area contributed by atoms with Crippen LogP contribution in [0.25, 0.3) is 0 Å². The van der Waals surface area contributed by atoms with E-state index in [1.807, 2.05) is 42.5 Å². The second-order valence-corrected chi connectivity index (χ2v) is 5.01. The van der Waals surface area contributed by atoms with Gasteiger partial charge in [0.15, 0.2) is 0 Å². The van der Waals surface area contributed by atoms with Crippen LogP contribution in [0.3, 0.4) is 0 Å². The van der Waals surface area contributed by atoms with E-state index in [1.54, 1.807) is 7.11 Å². The lowest BCUT2D eigenvalue weighted by Gasteiger charge is -2.10. The molecule has 0 spiro atoms. The summed E-state index contributed by atoms with van der Waals surface area (Å²) in [7, 11) is 1.67. The zero-order valence-corrected chi connectivity index (χ0v) is 12.3. The summed E-state index contributed by atoms with van der Waals surface area (Å²) in [5, 5.41) is 4.03. The first-order valence-corrected chi connectivity index (χ1v) is 6.68. The SMILES string of the molecule is COc1cccc(CNc2cccc(Cl)c2Br)c1. The Hall–Kier alpha value is -1.19. The van der Waals surface area contributed by atoms with E-state index in [0.29, 0.717) is 5.02 Å². The number of hydrogen-bond donors (Lipinski definition) is 1. The first-order valence-electron chi connectivity index (χ1n) is 5.51. The van der Waals surface area contributed by atoms with E-state index in [-0.39, 0.29) is 0 Å². The number of nitrogens with one attached hydrogen (secondary N) is 1. The molecule has 0 saturated heterocycles. The molecule has 0 bridgehead atoms. The average Bonchev–Trinajstić information content (AvgIpc) is 2.41. The van der Waals surface area contributed by atoms with Gasteiger partial charge in [0.2, 0.25) is 0 Å². The molecule has 0 aliphatic heterocycles. The first kappa shape index (κ1) is 13.2. The van der Waals surface area contributed by atoms with Crippen LogP contribution in [0.1, 0.15) is 5.56 Å². The molecular weight excluding hydrogens is 314 g/mol. The number of methoxy groups -OCH3 is 1. The van der Waals surface area contributed by atoms with Crippen molar-refractivity contribution in [1.29, 1.82) is 0 Å². The topological polar surface area (TPSA) is 21.3 Å². The van der Waals surface area contributed by atoms with Gasteiger partial charge in [0, 0.05) is 6.54 Å². The Balaban J connectivity index is 2.09. The van der Waals surface area contributed by atoms with Crippen LogP contribution in [0.5, 0.6) is 5.75 Å². The molecule has 0 atom stereocenters. The molecule has 2 rings (SSSR count). The van der Waals surface area contributed by atoms with Gasteiger partial charge in [-0.25, -0.2) is 0 Å². The summed E-state index contributed by atoms with van der Waals surface area (Å²) in [5.74, 6) is 0.861. The maximum atomic E-state index is 6.04. The molecule has 0 heterocycles. The summed E-state index contributed by atoms with van der Waals surface area (Å²) < 4.78 is 6.08. The molecule has 0 aliphatic rings. The van der Waals surface area contributed by atoms with Crippen molar-refractivity contribution < 1.29 is 4.74 Å². The highest BCUT2D eigenvalue weighted by molar-refractivity contribution is 9.10. The van der Waals surface area contributed by atoms with E-state index in [1.165, 1.54) is 0 Å². The van der Waals surface area contributed by atoms with E-state index in [9.17, 15) is 0 Å². The number of ether oxygens (including phenoxy) is 1.